The Balaban J connectivity index is 0.000000483. The van der Waals surface area contributed by atoms with E-state index in [1.165, 1.54) is 6.92 Å². The first-order valence-corrected chi connectivity index (χ1v) is 20.4. The van der Waals surface area contributed by atoms with Crippen LogP contribution in [0.25, 0.3) is 0 Å². The van der Waals surface area contributed by atoms with E-state index in [-0.39, 0.29) is 18.1 Å². The molecule has 3 nitrogen and oxygen atoms in total. The lowest BCUT2D eigenvalue weighted by Crippen LogP contribution is -2.75. The SMILES string of the molecule is CC(=O)c1cccc(C(=O)C[n+]2ccccc2)c1.FC(F)(F)c1cc([B-](c2cc(C(F)(F)F)cc(C(F)(F)F)c2)(c2cc(C(F)(F)F)cc(C(F)(F)F)c2)c2cc(C(F)(F)F)cc(C(F)(F)F)c2)cc(C(F)(F)F)c1. The molecule has 1 heterocycles. The Bertz CT molecular complexity index is 2630. The van der Waals surface area contributed by atoms with Crippen molar-refractivity contribution in [2.24, 2.45) is 0 Å². The van der Waals surface area contributed by atoms with Crippen LogP contribution in [-0.4, -0.2) is 17.7 Å². The molecule has 0 saturated heterocycles. The molecule has 0 bridgehead atoms. The van der Waals surface area contributed by atoms with Crippen molar-refractivity contribution < 1.29 is 120 Å². The molecule has 5 aromatic carbocycles. The summed E-state index contributed by atoms with van der Waals surface area (Å²) in [6, 6.07) is 3.67. The van der Waals surface area contributed by atoms with Crippen molar-refractivity contribution in [3.05, 3.63) is 183 Å². The quantitative estimate of drug-likeness (QED) is 0.0659. The van der Waals surface area contributed by atoms with Crippen LogP contribution in [0.15, 0.2) is 128 Å². The van der Waals surface area contributed by atoms with Crippen molar-refractivity contribution in [1.82, 2.24) is 0 Å². The Morgan fingerprint density at radius 1 is 0.347 bits per heavy atom. The molecule has 0 N–H and O–H groups in total. The Kier molecular flexibility index (Phi) is 15.9. The molecular weight excluding hydrogens is 1080 g/mol. The van der Waals surface area contributed by atoms with Gasteiger partial charge in [-0.2, -0.15) is 132 Å². The van der Waals surface area contributed by atoms with E-state index in [9.17, 15) is 115 Å². The minimum Gasteiger partial charge on any atom is -0.295 e. The molecule has 0 aliphatic rings. The van der Waals surface area contributed by atoms with E-state index in [0.29, 0.717) is 11.1 Å². The van der Waals surface area contributed by atoms with Crippen molar-refractivity contribution in [2.45, 2.75) is 62.9 Å². The Morgan fingerprint density at radius 2 is 0.587 bits per heavy atom. The number of hydrogen-bond acceptors (Lipinski definition) is 2. The maximum atomic E-state index is 14.2. The Morgan fingerprint density at radius 3 is 0.813 bits per heavy atom. The number of nitrogens with zero attached hydrogens (tertiary/aromatic N) is 1. The fraction of sp³-hybridized carbons (Fsp3) is 0.213. The number of Topliss-reactive ketones (excluding diaryl/α,β-unsaturated/α-hetero) is 2. The molecule has 402 valence electrons. The maximum Gasteiger partial charge on any atom is 0.416 e. The molecule has 75 heavy (non-hydrogen) atoms. The van der Waals surface area contributed by atoms with Crippen LogP contribution in [0.3, 0.4) is 0 Å². The zero-order chi connectivity index (χ0) is 56.9. The van der Waals surface area contributed by atoms with Crippen molar-refractivity contribution in [3.63, 3.8) is 0 Å². The van der Waals surface area contributed by atoms with E-state index < -0.39 is 195 Å². The molecule has 0 amide bonds. The fourth-order valence-corrected chi connectivity index (χ4v) is 7.78. The highest BCUT2D eigenvalue weighted by Gasteiger charge is 2.47. The third-order valence-corrected chi connectivity index (χ3v) is 11.1. The minimum atomic E-state index is -6.13. The zero-order valence-corrected chi connectivity index (χ0v) is 36.7. The van der Waals surface area contributed by atoms with Crippen molar-refractivity contribution in [2.75, 3.05) is 0 Å². The molecule has 6 aromatic rings. The summed E-state index contributed by atoms with van der Waals surface area (Å²) in [7, 11) is 0. The molecule has 6 rings (SSSR count). The topological polar surface area (TPSA) is 38.0 Å². The van der Waals surface area contributed by atoms with Crippen LogP contribution in [0.2, 0.25) is 0 Å². The van der Waals surface area contributed by atoms with Gasteiger partial charge in [-0.15, -0.1) is 0 Å². The Hall–Kier alpha value is -7.03. The number of hydrogen-bond donors (Lipinski definition) is 0. The fourth-order valence-electron chi connectivity index (χ4n) is 7.78. The third-order valence-electron chi connectivity index (χ3n) is 11.1. The molecular formula is C47H26BF24NO2. The lowest BCUT2D eigenvalue weighted by Gasteiger charge is -2.46. The van der Waals surface area contributed by atoms with Crippen LogP contribution in [-0.2, 0) is 56.0 Å². The number of alkyl halides is 24. The lowest BCUT2D eigenvalue weighted by molar-refractivity contribution is -0.683. The predicted molar refractivity (Wildman–Crippen MR) is 217 cm³/mol. The highest BCUT2D eigenvalue weighted by atomic mass is 19.4. The number of ketones is 2. The van der Waals surface area contributed by atoms with Gasteiger partial charge in [-0.25, -0.2) is 0 Å². The normalized spacial score (nSPS) is 13.3. The summed E-state index contributed by atoms with van der Waals surface area (Å²) in [5.41, 5.74) is -29.1. The van der Waals surface area contributed by atoms with E-state index in [0.717, 1.165) is 0 Å². The molecule has 0 saturated carbocycles. The highest BCUT2D eigenvalue weighted by Crippen LogP contribution is 2.41. The first-order valence-electron chi connectivity index (χ1n) is 20.4. The summed E-state index contributed by atoms with van der Waals surface area (Å²) in [4.78, 5) is 23.3. The van der Waals surface area contributed by atoms with E-state index in [1.807, 2.05) is 35.2 Å². The molecule has 0 aliphatic heterocycles. The molecule has 28 heteroatoms. The summed E-state index contributed by atoms with van der Waals surface area (Å²) >= 11 is 0. The standard InChI is InChI=1S/C32H12BF24.C15H14NO2/c34-25(35,36)13-1-14(26(37,38)39)6-21(5-13)33(22-7-15(27(40,41)42)2-16(8-22)28(43,44)45,23-9-17(29(46,47)48)3-18(10-23)30(49,50)51)24-11-19(31(52,53)54)4-20(12-24)32(55,56)57;1-12(17)13-6-5-7-14(10-13)15(18)11-16-8-3-2-4-9-16/h1-12H;2-10H,11H2,1H3/q-1;+1. The first-order chi connectivity index (χ1) is 33.9. The largest absolute Gasteiger partial charge is 0.416 e. The van der Waals surface area contributed by atoms with Gasteiger partial charge in [0.15, 0.2) is 18.2 Å². The molecule has 0 spiro atoms. The molecule has 0 aliphatic carbocycles. The van der Waals surface area contributed by atoms with Gasteiger partial charge in [0.1, 0.15) is 6.15 Å². The van der Waals surface area contributed by atoms with Crippen LogP contribution in [0, 0.1) is 0 Å². The lowest BCUT2D eigenvalue weighted by atomic mass is 9.12. The van der Waals surface area contributed by atoms with E-state index >= 15 is 0 Å². The molecule has 0 fully saturated rings. The number of aromatic nitrogens is 1. The second-order valence-electron chi connectivity index (χ2n) is 16.3. The smallest absolute Gasteiger partial charge is 0.295 e. The van der Waals surface area contributed by atoms with Gasteiger partial charge in [0.2, 0.25) is 12.3 Å². The maximum absolute atomic E-state index is 14.2. The van der Waals surface area contributed by atoms with Gasteiger partial charge in [-0.1, -0.05) is 72.8 Å². The average molecular weight is 1100 g/mol. The van der Waals surface area contributed by atoms with Crippen molar-refractivity contribution in [3.8, 4) is 0 Å². The summed E-state index contributed by atoms with van der Waals surface area (Å²) in [6.45, 7) is 1.78. The Labute approximate surface area is 404 Å². The van der Waals surface area contributed by atoms with Crippen LogP contribution < -0.4 is 26.4 Å². The van der Waals surface area contributed by atoms with Crippen LogP contribution >= 0.6 is 0 Å². The van der Waals surface area contributed by atoms with Crippen LogP contribution in [0.4, 0.5) is 105 Å². The second kappa shape index (κ2) is 20.3. The summed E-state index contributed by atoms with van der Waals surface area (Å²) < 4.78 is 343. The summed E-state index contributed by atoms with van der Waals surface area (Å²) in [5, 5.41) is 0. The van der Waals surface area contributed by atoms with Gasteiger partial charge in [0, 0.05) is 23.3 Å². The van der Waals surface area contributed by atoms with Gasteiger partial charge in [0.05, 0.1) is 44.5 Å². The number of carbonyl (C=O) groups excluding carboxylic acids is 2. The van der Waals surface area contributed by atoms with Crippen LogP contribution in [0.1, 0.15) is 72.1 Å². The number of pyridine rings is 1. The van der Waals surface area contributed by atoms with Gasteiger partial charge in [-0.3, -0.25) is 9.59 Å². The monoisotopic (exact) mass is 1100 g/mol. The number of halogens is 24. The van der Waals surface area contributed by atoms with E-state index in [2.05, 4.69) is 0 Å². The van der Waals surface area contributed by atoms with Crippen molar-refractivity contribution in [1.29, 1.82) is 0 Å². The first kappa shape index (κ1) is 58.9. The predicted octanol–water partition coefficient (Wildman–Crippen LogP) is 13.3. The number of benzene rings is 5. The van der Waals surface area contributed by atoms with Gasteiger partial charge < -0.3 is 0 Å². The van der Waals surface area contributed by atoms with E-state index in [4.69, 9.17) is 0 Å². The zero-order valence-electron chi connectivity index (χ0n) is 36.7. The summed E-state index contributed by atoms with van der Waals surface area (Å²) in [6.07, 6.45) is -51.1. The second-order valence-corrected chi connectivity index (χ2v) is 16.3. The summed E-state index contributed by atoms with van der Waals surface area (Å²) in [5.74, 6) is -0.0358. The average Bonchev–Trinajstić information content (AvgIpc) is 3.27. The number of carbonyl (C=O) groups is 2. The van der Waals surface area contributed by atoms with Gasteiger partial charge >= 0.3 is 49.4 Å². The molecule has 0 unspecified atom stereocenters. The van der Waals surface area contributed by atoms with Crippen molar-refractivity contribution >= 4 is 39.6 Å². The minimum absolute atomic E-state index is 0.00528. The van der Waals surface area contributed by atoms with Gasteiger partial charge in [-0.05, 0) is 37.3 Å². The van der Waals surface area contributed by atoms with E-state index in [1.54, 1.807) is 24.3 Å². The highest BCUT2D eigenvalue weighted by molar-refractivity contribution is 7.20. The molecule has 0 radical (unpaired) electrons. The van der Waals surface area contributed by atoms with Gasteiger partial charge in [0.25, 0.3) is 0 Å². The number of rotatable bonds is 8. The molecule has 1 aromatic heterocycles. The van der Waals surface area contributed by atoms with Crippen LogP contribution in [0.5, 0.6) is 0 Å². The molecule has 0 atom stereocenters. The third kappa shape index (κ3) is 13.8.